The molecule has 1 N–H and O–H groups in total. The molecule has 3 aliphatic heterocycles. The average Bonchev–Trinajstić information content (AvgIpc) is 3.40. The molecule has 0 radical (unpaired) electrons. The Bertz CT molecular complexity index is 479. The number of hydrogen-bond donors (Lipinski definition) is 1. The van der Waals surface area contributed by atoms with Gasteiger partial charge in [-0.3, -0.25) is 0 Å². The lowest BCUT2D eigenvalue weighted by Gasteiger charge is -2.45. The number of nitrogens with zero attached hydrogens (tertiary/aromatic N) is 1. The van der Waals surface area contributed by atoms with Gasteiger partial charge in [-0.25, -0.2) is 0 Å². The van der Waals surface area contributed by atoms with Crippen molar-refractivity contribution in [2.45, 2.75) is 37.4 Å². The Labute approximate surface area is 126 Å². The maximum Gasteiger partial charge on any atom is 0.116 e. The zero-order valence-corrected chi connectivity index (χ0v) is 12.6. The molecule has 0 spiro atoms. The van der Waals surface area contributed by atoms with E-state index in [0.717, 1.165) is 24.9 Å². The smallest absolute Gasteiger partial charge is 0.116 e. The van der Waals surface area contributed by atoms with Crippen LogP contribution in [0, 0.1) is 11.8 Å². The van der Waals surface area contributed by atoms with Crippen molar-refractivity contribution in [3.8, 4) is 0 Å². The summed E-state index contributed by atoms with van der Waals surface area (Å²) in [5, 5.41) is 11.2. The number of piperidine rings is 3. The minimum Gasteiger partial charge on any atom is -0.382 e. The van der Waals surface area contributed by atoms with E-state index in [-0.39, 0.29) is 0 Å². The maximum absolute atomic E-state index is 11.2. The molecule has 3 saturated heterocycles. The molecular weight excluding hydrogens is 262 g/mol. The molecule has 1 saturated carbocycles. The Hall–Kier alpha value is -0.900. The third-order valence-corrected chi connectivity index (χ3v) is 5.64. The normalized spacial score (nSPS) is 34.6. The Morgan fingerprint density at radius 1 is 1.10 bits per heavy atom. The average molecular weight is 287 g/mol. The maximum atomic E-state index is 11.2. The second kappa shape index (κ2) is 5.38. The fourth-order valence-corrected chi connectivity index (χ4v) is 4.06. The Morgan fingerprint density at radius 3 is 2.38 bits per heavy atom. The first-order valence-electron chi connectivity index (χ1n) is 8.37. The van der Waals surface area contributed by atoms with Gasteiger partial charge in [-0.15, -0.1) is 0 Å². The van der Waals surface area contributed by atoms with Crippen molar-refractivity contribution in [2.75, 3.05) is 26.2 Å². The first kappa shape index (κ1) is 13.7. The van der Waals surface area contributed by atoms with E-state index in [0.29, 0.717) is 24.5 Å². The van der Waals surface area contributed by atoms with Crippen LogP contribution < -0.4 is 0 Å². The highest BCUT2D eigenvalue weighted by molar-refractivity contribution is 5.25. The molecule has 2 bridgehead atoms. The molecule has 21 heavy (non-hydrogen) atoms. The van der Waals surface area contributed by atoms with Crippen LogP contribution in [0.25, 0.3) is 0 Å². The highest BCUT2D eigenvalue weighted by Crippen LogP contribution is 2.46. The summed E-state index contributed by atoms with van der Waals surface area (Å²) in [7, 11) is 0. The molecule has 2 atom stereocenters. The largest absolute Gasteiger partial charge is 0.382 e. The van der Waals surface area contributed by atoms with Crippen molar-refractivity contribution in [3.05, 3.63) is 35.9 Å². The summed E-state index contributed by atoms with van der Waals surface area (Å²) in [6, 6.07) is 10.1. The lowest BCUT2D eigenvalue weighted by molar-refractivity contribution is -0.132. The molecule has 3 heteroatoms. The van der Waals surface area contributed by atoms with Gasteiger partial charge in [0.25, 0.3) is 0 Å². The van der Waals surface area contributed by atoms with E-state index in [1.54, 1.807) is 0 Å². The van der Waals surface area contributed by atoms with Gasteiger partial charge in [0, 0.05) is 6.54 Å². The second-order valence-corrected chi connectivity index (χ2v) is 7.05. The third-order valence-electron chi connectivity index (χ3n) is 5.64. The molecule has 0 aromatic heterocycles. The van der Waals surface area contributed by atoms with Crippen LogP contribution in [0.3, 0.4) is 0 Å². The van der Waals surface area contributed by atoms with Gasteiger partial charge >= 0.3 is 0 Å². The topological polar surface area (TPSA) is 32.7 Å². The van der Waals surface area contributed by atoms with Crippen LogP contribution in [0.5, 0.6) is 0 Å². The summed E-state index contributed by atoms with van der Waals surface area (Å²) in [5.74, 6) is 1.08. The summed E-state index contributed by atoms with van der Waals surface area (Å²) >= 11 is 0. The first-order valence-corrected chi connectivity index (χ1v) is 8.37. The minimum atomic E-state index is -0.784. The number of rotatable bonds is 5. The molecule has 3 nitrogen and oxygen atoms in total. The first-order chi connectivity index (χ1) is 10.3. The molecule has 0 unspecified atom stereocenters. The molecule has 1 aromatic rings. The van der Waals surface area contributed by atoms with Crippen molar-refractivity contribution < 1.29 is 9.84 Å². The standard InChI is InChI=1S/C18H25NO2/c20-18(16-6-7-16,15-4-2-1-3-5-15)13-21-17-12-19-10-8-14(17)9-11-19/h1-5,14,16-17,20H,6-13H2/t17-,18-/m1/s1. The molecule has 1 aromatic carbocycles. The lowest BCUT2D eigenvalue weighted by Crippen LogP contribution is -2.52. The monoisotopic (exact) mass is 287 g/mol. The lowest BCUT2D eigenvalue weighted by atomic mass is 9.85. The summed E-state index contributed by atoms with van der Waals surface area (Å²) in [5.41, 5.74) is 0.238. The number of ether oxygens (including phenoxy) is 1. The van der Waals surface area contributed by atoms with E-state index in [9.17, 15) is 5.11 Å². The minimum absolute atomic E-state index is 0.321. The van der Waals surface area contributed by atoms with Crippen molar-refractivity contribution in [1.29, 1.82) is 0 Å². The second-order valence-electron chi connectivity index (χ2n) is 7.05. The third kappa shape index (κ3) is 2.63. The summed E-state index contributed by atoms with van der Waals surface area (Å²) in [6.45, 7) is 3.98. The van der Waals surface area contributed by atoms with E-state index in [2.05, 4.69) is 4.90 Å². The van der Waals surface area contributed by atoms with Crippen LogP contribution in [-0.4, -0.2) is 42.4 Å². The van der Waals surface area contributed by atoms with Crippen molar-refractivity contribution in [3.63, 3.8) is 0 Å². The fourth-order valence-electron chi connectivity index (χ4n) is 4.06. The summed E-state index contributed by atoms with van der Waals surface area (Å²) < 4.78 is 6.25. The quantitative estimate of drug-likeness (QED) is 0.902. The number of benzene rings is 1. The highest BCUT2D eigenvalue weighted by atomic mass is 16.5. The van der Waals surface area contributed by atoms with E-state index >= 15 is 0 Å². The van der Waals surface area contributed by atoms with E-state index in [1.807, 2.05) is 30.3 Å². The Kier molecular flexibility index (Phi) is 3.52. The van der Waals surface area contributed by atoms with Gasteiger partial charge in [-0.1, -0.05) is 30.3 Å². The van der Waals surface area contributed by atoms with Gasteiger partial charge in [0.15, 0.2) is 0 Å². The predicted octanol–water partition coefficient (Wildman–Crippen LogP) is 2.40. The van der Waals surface area contributed by atoms with Crippen molar-refractivity contribution in [1.82, 2.24) is 4.90 Å². The molecule has 4 aliphatic rings. The van der Waals surface area contributed by atoms with Crippen LogP contribution >= 0.6 is 0 Å². The summed E-state index contributed by atoms with van der Waals surface area (Å²) in [4.78, 5) is 2.50. The van der Waals surface area contributed by atoms with E-state index in [1.165, 1.54) is 25.9 Å². The van der Waals surface area contributed by atoms with Gasteiger partial charge < -0.3 is 14.7 Å². The van der Waals surface area contributed by atoms with Crippen LogP contribution in [0.15, 0.2) is 30.3 Å². The number of fused-ring (bicyclic) bond motifs is 3. The van der Waals surface area contributed by atoms with Gasteiger partial charge in [0.05, 0.1) is 12.7 Å². The van der Waals surface area contributed by atoms with Crippen LogP contribution in [-0.2, 0) is 10.3 Å². The Morgan fingerprint density at radius 2 is 1.81 bits per heavy atom. The van der Waals surface area contributed by atoms with Gasteiger partial charge in [-0.2, -0.15) is 0 Å². The molecular formula is C18H25NO2. The molecule has 4 fully saturated rings. The summed E-state index contributed by atoms with van der Waals surface area (Å²) in [6.07, 6.45) is 5.08. The van der Waals surface area contributed by atoms with Crippen LogP contribution in [0.2, 0.25) is 0 Å². The van der Waals surface area contributed by atoms with Gasteiger partial charge in [0.2, 0.25) is 0 Å². The zero-order chi connectivity index (χ0) is 14.3. The van der Waals surface area contributed by atoms with E-state index in [4.69, 9.17) is 4.74 Å². The predicted molar refractivity (Wildman–Crippen MR) is 82.0 cm³/mol. The Balaban J connectivity index is 1.46. The molecule has 5 rings (SSSR count). The van der Waals surface area contributed by atoms with E-state index < -0.39 is 5.60 Å². The van der Waals surface area contributed by atoms with Crippen molar-refractivity contribution >= 4 is 0 Å². The van der Waals surface area contributed by atoms with Gasteiger partial charge in [0.1, 0.15) is 5.60 Å². The zero-order valence-electron chi connectivity index (χ0n) is 12.6. The highest BCUT2D eigenvalue weighted by Gasteiger charge is 2.46. The molecule has 114 valence electrons. The SMILES string of the molecule is O[C@](CO[C@@H]1CN2CCC1CC2)(c1ccccc1)C1CC1. The fraction of sp³-hybridized carbons (Fsp3) is 0.667. The molecule has 0 amide bonds. The number of hydrogen-bond acceptors (Lipinski definition) is 3. The van der Waals surface area contributed by atoms with Gasteiger partial charge in [-0.05, 0) is 56.2 Å². The van der Waals surface area contributed by atoms with Crippen molar-refractivity contribution in [2.24, 2.45) is 11.8 Å². The molecule has 3 heterocycles. The van der Waals surface area contributed by atoms with Crippen LogP contribution in [0.1, 0.15) is 31.2 Å². The number of aliphatic hydroxyl groups is 1. The molecule has 1 aliphatic carbocycles. The van der Waals surface area contributed by atoms with Crippen LogP contribution in [0.4, 0.5) is 0 Å².